The number of rotatable bonds is 6. The Bertz CT molecular complexity index is 319. The molecule has 1 aromatic heterocycles. The van der Waals surface area contributed by atoms with Gasteiger partial charge in [0.25, 0.3) is 0 Å². The van der Waals surface area contributed by atoms with Crippen LogP contribution in [0.5, 0.6) is 0 Å². The lowest BCUT2D eigenvalue weighted by molar-refractivity contribution is 0.520. The van der Waals surface area contributed by atoms with Crippen LogP contribution in [0.1, 0.15) is 29.1 Å². The number of hydrogen-bond donors (Lipinski definition) is 1. The molecule has 2 rings (SSSR count). The Balaban J connectivity index is 1.76. The predicted octanol–water partition coefficient (Wildman–Crippen LogP) is 2.98. The van der Waals surface area contributed by atoms with E-state index < -0.39 is 0 Å². The number of nitrogens with one attached hydrogen (secondary N) is 1. The summed E-state index contributed by atoms with van der Waals surface area (Å²) in [6.45, 7) is 1.10. The molecule has 1 fully saturated rings. The minimum atomic E-state index is 0.880. The van der Waals surface area contributed by atoms with Crippen molar-refractivity contribution in [2.45, 2.75) is 32.1 Å². The van der Waals surface area contributed by atoms with Gasteiger partial charge in [0.1, 0.15) is 0 Å². The van der Waals surface area contributed by atoms with Crippen LogP contribution < -0.4 is 5.32 Å². The summed E-state index contributed by atoms with van der Waals surface area (Å²) in [7, 11) is 2.01. The minimum Gasteiger partial charge on any atom is -0.320 e. The molecule has 1 aliphatic rings. The summed E-state index contributed by atoms with van der Waals surface area (Å²) in [4.78, 5) is 6.04. The van der Waals surface area contributed by atoms with E-state index in [1.54, 1.807) is 0 Å². The van der Waals surface area contributed by atoms with Crippen LogP contribution in [0.15, 0.2) is 6.20 Å². The molecule has 0 radical (unpaired) electrons. The van der Waals surface area contributed by atoms with Gasteiger partial charge in [-0.1, -0.05) is 0 Å². The Hall–Kier alpha value is -0.0600. The molecule has 1 aliphatic heterocycles. The van der Waals surface area contributed by atoms with Crippen molar-refractivity contribution in [3.05, 3.63) is 16.1 Å². The molecule has 1 unspecified atom stereocenters. The second kappa shape index (κ2) is 7.39. The summed E-state index contributed by atoms with van der Waals surface area (Å²) < 4.78 is 0. The van der Waals surface area contributed by atoms with E-state index in [-0.39, 0.29) is 0 Å². The molecule has 0 bridgehead atoms. The molecule has 0 spiro atoms. The first-order valence-corrected chi connectivity index (χ1v) is 8.51. The molecule has 2 nitrogen and oxygen atoms in total. The van der Waals surface area contributed by atoms with Gasteiger partial charge in [-0.05, 0) is 56.7 Å². The van der Waals surface area contributed by atoms with Gasteiger partial charge in [0.2, 0.25) is 0 Å². The fourth-order valence-corrected chi connectivity index (χ4v) is 4.45. The first-order chi connectivity index (χ1) is 8.38. The van der Waals surface area contributed by atoms with Crippen LogP contribution in [0.3, 0.4) is 0 Å². The number of thioether (sulfide) groups is 1. The zero-order valence-electron chi connectivity index (χ0n) is 10.6. The highest BCUT2D eigenvalue weighted by Gasteiger charge is 2.15. The van der Waals surface area contributed by atoms with Crippen LogP contribution in [-0.4, -0.2) is 30.1 Å². The normalized spacial score (nSPS) is 20.6. The SMILES string of the molecule is CNCCCc1cnc(CC2CCCSC2)s1. The van der Waals surface area contributed by atoms with Crippen LogP contribution in [0.4, 0.5) is 0 Å². The highest BCUT2D eigenvalue weighted by atomic mass is 32.2. The molecule has 1 N–H and O–H groups in total. The molecular weight excluding hydrogens is 248 g/mol. The average molecular weight is 270 g/mol. The van der Waals surface area contributed by atoms with E-state index in [2.05, 4.69) is 28.3 Å². The summed E-state index contributed by atoms with van der Waals surface area (Å²) in [5.41, 5.74) is 0. The van der Waals surface area contributed by atoms with Crippen LogP contribution in [-0.2, 0) is 12.8 Å². The second-order valence-electron chi connectivity index (χ2n) is 4.71. The van der Waals surface area contributed by atoms with Crippen molar-refractivity contribution in [1.82, 2.24) is 10.3 Å². The molecule has 0 saturated carbocycles. The van der Waals surface area contributed by atoms with Crippen molar-refractivity contribution < 1.29 is 0 Å². The lowest BCUT2D eigenvalue weighted by atomic mass is 10.0. The fraction of sp³-hybridized carbons (Fsp3) is 0.769. The zero-order chi connectivity index (χ0) is 11.9. The van der Waals surface area contributed by atoms with Gasteiger partial charge >= 0.3 is 0 Å². The Morgan fingerprint density at radius 3 is 3.24 bits per heavy atom. The van der Waals surface area contributed by atoms with Gasteiger partial charge in [-0.15, -0.1) is 11.3 Å². The maximum absolute atomic E-state index is 4.58. The molecule has 0 aliphatic carbocycles. The first-order valence-electron chi connectivity index (χ1n) is 6.54. The van der Waals surface area contributed by atoms with Gasteiger partial charge in [-0.2, -0.15) is 11.8 Å². The molecular formula is C13H22N2S2. The van der Waals surface area contributed by atoms with Gasteiger partial charge < -0.3 is 5.32 Å². The van der Waals surface area contributed by atoms with Gasteiger partial charge in [0, 0.05) is 17.5 Å². The number of thiazole rings is 1. The molecule has 4 heteroatoms. The largest absolute Gasteiger partial charge is 0.320 e. The second-order valence-corrected chi connectivity index (χ2v) is 7.06. The Labute approximate surface area is 113 Å². The van der Waals surface area contributed by atoms with Crippen molar-refractivity contribution in [2.75, 3.05) is 25.1 Å². The minimum absolute atomic E-state index is 0.880. The topological polar surface area (TPSA) is 24.9 Å². The number of hydrogen-bond acceptors (Lipinski definition) is 4. The summed E-state index contributed by atoms with van der Waals surface area (Å²) in [6.07, 6.45) is 8.50. The summed E-state index contributed by atoms with van der Waals surface area (Å²) in [5.74, 6) is 3.59. The quantitative estimate of drug-likeness (QED) is 0.805. The first kappa shape index (κ1) is 13.4. The Morgan fingerprint density at radius 1 is 1.53 bits per heavy atom. The molecule has 2 heterocycles. The van der Waals surface area contributed by atoms with Crippen molar-refractivity contribution in [3.63, 3.8) is 0 Å². The molecule has 96 valence electrons. The highest BCUT2D eigenvalue weighted by Crippen LogP contribution is 2.27. The number of nitrogens with zero attached hydrogens (tertiary/aromatic N) is 1. The molecule has 1 atom stereocenters. The van der Waals surface area contributed by atoms with Gasteiger partial charge in [-0.25, -0.2) is 4.98 Å². The van der Waals surface area contributed by atoms with E-state index in [1.165, 1.54) is 53.5 Å². The van der Waals surface area contributed by atoms with E-state index in [1.807, 2.05) is 18.4 Å². The van der Waals surface area contributed by atoms with E-state index in [0.29, 0.717) is 0 Å². The smallest absolute Gasteiger partial charge is 0.0930 e. The van der Waals surface area contributed by atoms with Gasteiger partial charge in [-0.3, -0.25) is 0 Å². The molecule has 1 aromatic rings. The molecule has 0 aromatic carbocycles. The van der Waals surface area contributed by atoms with Crippen LogP contribution in [0.2, 0.25) is 0 Å². The zero-order valence-corrected chi connectivity index (χ0v) is 12.2. The van der Waals surface area contributed by atoms with E-state index >= 15 is 0 Å². The predicted molar refractivity (Wildman–Crippen MR) is 78.1 cm³/mol. The lowest BCUT2D eigenvalue weighted by Crippen LogP contribution is -2.12. The summed E-state index contributed by atoms with van der Waals surface area (Å²) in [6, 6.07) is 0. The number of aryl methyl sites for hydroxylation is 1. The molecule has 1 saturated heterocycles. The Kier molecular flexibility index (Phi) is 5.81. The lowest BCUT2D eigenvalue weighted by Gasteiger charge is -2.19. The molecule has 0 amide bonds. The average Bonchev–Trinajstić information content (AvgIpc) is 2.79. The maximum atomic E-state index is 4.58. The standard InChI is InChI=1S/C13H22N2S2/c1-14-6-2-5-12-9-15-13(17-12)8-11-4-3-7-16-10-11/h9,11,14H,2-8,10H2,1H3. The third kappa shape index (κ3) is 4.60. The van der Waals surface area contributed by atoms with Crippen molar-refractivity contribution in [3.8, 4) is 0 Å². The number of aromatic nitrogens is 1. The van der Waals surface area contributed by atoms with E-state index in [4.69, 9.17) is 0 Å². The van der Waals surface area contributed by atoms with Gasteiger partial charge in [0.15, 0.2) is 0 Å². The van der Waals surface area contributed by atoms with Gasteiger partial charge in [0.05, 0.1) is 5.01 Å². The maximum Gasteiger partial charge on any atom is 0.0930 e. The summed E-state index contributed by atoms with van der Waals surface area (Å²) >= 11 is 4.04. The fourth-order valence-electron chi connectivity index (χ4n) is 2.21. The molecule has 17 heavy (non-hydrogen) atoms. The van der Waals surface area contributed by atoms with E-state index in [9.17, 15) is 0 Å². The van der Waals surface area contributed by atoms with Crippen molar-refractivity contribution >= 4 is 23.1 Å². The Morgan fingerprint density at radius 2 is 2.47 bits per heavy atom. The van der Waals surface area contributed by atoms with E-state index in [0.717, 1.165) is 12.5 Å². The highest BCUT2D eigenvalue weighted by molar-refractivity contribution is 7.99. The van der Waals surface area contributed by atoms with Crippen LogP contribution in [0, 0.1) is 5.92 Å². The van der Waals surface area contributed by atoms with Crippen molar-refractivity contribution in [2.24, 2.45) is 5.92 Å². The summed E-state index contributed by atoms with van der Waals surface area (Å²) in [5, 5.41) is 4.55. The third-order valence-corrected chi connectivity index (χ3v) is 5.53. The van der Waals surface area contributed by atoms with Crippen LogP contribution in [0.25, 0.3) is 0 Å². The monoisotopic (exact) mass is 270 g/mol. The third-order valence-electron chi connectivity index (χ3n) is 3.17. The van der Waals surface area contributed by atoms with Crippen molar-refractivity contribution in [1.29, 1.82) is 0 Å². The van der Waals surface area contributed by atoms with Crippen LogP contribution >= 0.6 is 23.1 Å².